The largest absolute Gasteiger partial charge is 0.467 e. The van der Waals surface area contributed by atoms with Gasteiger partial charge in [0.25, 0.3) is 0 Å². The van der Waals surface area contributed by atoms with E-state index in [0.717, 1.165) is 23.5 Å². The zero-order valence-corrected chi connectivity index (χ0v) is 14.7. The third-order valence-corrected chi connectivity index (χ3v) is 5.43. The number of benzene rings is 1. The maximum absolute atomic E-state index is 12.9. The van der Waals surface area contributed by atoms with Crippen molar-refractivity contribution < 1.29 is 9.21 Å². The number of urea groups is 1. The van der Waals surface area contributed by atoms with Crippen LogP contribution in [0.1, 0.15) is 34.2 Å². The van der Waals surface area contributed by atoms with Crippen molar-refractivity contribution in [3.63, 3.8) is 0 Å². The summed E-state index contributed by atoms with van der Waals surface area (Å²) in [6.45, 7) is 1.05. The van der Waals surface area contributed by atoms with Crippen LogP contribution in [0.2, 0.25) is 0 Å². The van der Waals surface area contributed by atoms with Crippen LogP contribution in [0, 0.1) is 0 Å². The van der Waals surface area contributed by atoms with Crippen molar-refractivity contribution in [2.24, 2.45) is 0 Å². The number of amides is 2. The minimum atomic E-state index is -0.0495. The first-order valence-corrected chi connectivity index (χ1v) is 9.35. The number of nitrogens with one attached hydrogen (secondary N) is 1. The summed E-state index contributed by atoms with van der Waals surface area (Å²) in [6.07, 6.45) is 3.62. The van der Waals surface area contributed by atoms with Gasteiger partial charge in [-0.3, -0.25) is 0 Å². The first-order valence-electron chi connectivity index (χ1n) is 8.47. The second kappa shape index (κ2) is 7.15. The van der Waals surface area contributed by atoms with E-state index in [1.54, 1.807) is 17.6 Å². The third kappa shape index (κ3) is 3.61. The Balaban J connectivity index is 1.49. The van der Waals surface area contributed by atoms with E-state index in [9.17, 15) is 4.79 Å². The number of furan rings is 1. The standard InChI is InChI=1S/C20H20N2O2S/c23-20(21-19-10-9-15-5-1-2-8-18(15)19)22(13-16-6-3-11-24-16)14-17-7-4-12-25-17/h1-8,11-12,19H,9-10,13-14H2,(H,21,23). The molecule has 2 amide bonds. The molecule has 5 heteroatoms. The molecule has 128 valence electrons. The fraction of sp³-hybridized carbons (Fsp3) is 0.250. The van der Waals surface area contributed by atoms with Gasteiger partial charge in [0.1, 0.15) is 5.76 Å². The van der Waals surface area contributed by atoms with Crippen molar-refractivity contribution in [1.29, 1.82) is 0 Å². The molecular weight excluding hydrogens is 332 g/mol. The smallest absolute Gasteiger partial charge is 0.318 e. The number of thiophene rings is 1. The summed E-state index contributed by atoms with van der Waals surface area (Å²) in [5, 5.41) is 5.24. The summed E-state index contributed by atoms with van der Waals surface area (Å²) in [5.41, 5.74) is 2.58. The Bertz CT molecular complexity index is 791. The molecule has 2 heterocycles. The van der Waals surface area contributed by atoms with E-state index in [0.29, 0.717) is 13.1 Å². The van der Waals surface area contributed by atoms with Crippen LogP contribution in [0.3, 0.4) is 0 Å². The van der Waals surface area contributed by atoms with Gasteiger partial charge in [-0.25, -0.2) is 4.79 Å². The summed E-state index contributed by atoms with van der Waals surface area (Å²) in [5.74, 6) is 0.790. The fourth-order valence-electron chi connectivity index (χ4n) is 3.33. The summed E-state index contributed by atoms with van der Waals surface area (Å²) in [7, 11) is 0. The Labute approximate surface area is 151 Å². The van der Waals surface area contributed by atoms with Gasteiger partial charge >= 0.3 is 6.03 Å². The molecule has 0 bridgehead atoms. The van der Waals surface area contributed by atoms with E-state index in [2.05, 4.69) is 29.6 Å². The predicted octanol–water partition coefficient (Wildman–Crippen LogP) is 4.74. The second-order valence-corrected chi connectivity index (χ2v) is 7.29. The van der Waals surface area contributed by atoms with E-state index in [1.165, 1.54) is 11.1 Å². The Hall–Kier alpha value is -2.53. The monoisotopic (exact) mass is 352 g/mol. The van der Waals surface area contributed by atoms with Crippen LogP contribution in [0.25, 0.3) is 0 Å². The van der Waals surface area contributed by atoms with Crippen molar-refractivity contribution in [1.82, 2.24) is 10.2 Å². The second-order valence-electron chi connectivity index (χ2n) is 6.25. The Morgan fingerprint density at radius 3 is 2.88 bits per heavy atom. The minimum absolute atomic E-state index is 0.0495. The van der Waals surface area contributed by atoms with Crippen LogP contribution in [0.5, 0.6) is 0 Å². The van der Waals surface area contributed by atoms with E-state index in [4.69, 9.17) is 4.42 Å². The molecule has 4 rings (SSSR count). The Kier molecular flexibility index (Phi) is 4.57. The maximum atomic E-state index is 12.9. The molecule has 1 aliphatic carbocycles. The highest BCUT2D eigenvalue weighted by Gasteiger charge is 2.26. The van der Waals surface area contributed by atoms with E-state index in [-0.39, 0.29) is 12.1 Å². The molecule has 1 N–H and O–H groups in total. The van der Waals surface area contributed by atoms with Crippen LogP contribution in [0.4, 0.5) is 4.79 Å². The van der Waals surface area contributed by atoms with Gasteiger partial charge in [0.2, 0.25) is 0 Å². The lowest BCUT2D eigenvalue weighted by atomic mass is 10.1. The van der Waals surface area contributed by atoms with Crippen LogP contribution < -0.4 is 5.32 Å². The molecule has 0 spiro atoms. The van der Waals surface area contributed by atoms with Gasteiger partial charge in [-0.2, -0.15) is 0 Å². The molecule has 1 unspecified atom stereocenters. The normalized spacial score (nSPS) is 15.8. The average molecular weight is 352 g/mol. The number of hydrogen-bond donors (Lipinski definition) is 1. The third-order valence-electron chi connectivity index (χ3n) is 4.57. The highest BCUT2D eigenvalue weighted by Crippen LogP contribution is 2.31. The topological polar surface area (TPSA) is 45.5 Å². The van der Waals surface area contributed by atoms with E-state index < -0.39 is 0 Å². The molecule has 25 heavy (non-hydrogen) atoms. The van der Waals surface area contributed by atoms with Gasteiger partial charge in [0, 0.05) is 4.88 Å². The lowest BCUT2D eigenvalue weighted by Gasteiger charge is -2.24. The molecule has 0 saturated carbocycles. The van der Waals surface area contributed by atoms with Gasteiger partial charge in [0.05, 0.1) is 25.4 Å². The highest BCUT2D eigenvalue weighted by atomic mass is 32.1. The lowest BCUT2D eigenvalue weighted by molar-refractivity contribution is 0.184. The molecular formula is C20H20N2O2S. The number of rotatable bonds is 5. The first kappa shape index (κ1) is 16.0. The SMILES string of the molecule is O=C(NC1CCc2ccccc21)N(Cc1ccco1)Cc1cccs1. The summed E-state index contributed by atoms with van der Waals surface area (Å²) in [6, 6.07) is 16.2. The lowest BCUT2D eigenvalue weighted by Crippen LogP contribution is -2.40. The van der Waals surface area contributed by atoms with Gasteiger partial charge in [0.15, 0.2) is 0 Å². The van der Waals surface area contributed by atoms with Gasteiger partial charge in [-0.1, -0.05) is 30.3 Å². The quantitative estimate of drug-likeness (QED) is 0.721. The number of carbonyl (C=O) groups is 1. The molecule has 0 saturated heterocycles. The van der Waals surface area contributed by atoms with Crippen LogP contribution in [-0.4, -0.2) is 10.9 Å². The van der Waals surface area contributed by atoms with Crippen LogP contribution in [0.15, 0.2) is 64.6 Å². The van der Waals surface area contributed by atoms with Crippen molar-refractivity contribution in [2.75, 3.05) is 0 Å². The first-order chi connectivity index (χ1) is 12.3. The van der Waals surface area contributed by atoms with Crippen molar-refractivity contribution in [3.8, 4) is 0 Å². The van der Waals surface area contributed by atoms with E-state index in [1.807, 2.05) is 34.5 Å². The van der Waals surface area contributed by atoms with Gasteiger partial charge in [-0.05, 0) is 47.5 Å². The molecule has 4 nitrogen and oxygen atoms in total. The number of nitrogens with zero attached hydrogens (tertiary/aromatic N) is 1. The number of hydrogen-bond acceptors (Lipinski definition) is 3. The Morgan fingerprint density at radius 2 is 2.08 bits per heavy atom. The zero-order chi connectivity index (χ0) is 17.1. The Morgan fingerprint density at radius 1 is 1.16 bits per heavy atom. The summed E-state index contributed by atoms with van der Waals surface area (Å²) in [4.78, 5) is 15.9. The fourth-order valence-corrected chi connectivity index (χ4v) is 4.05. The van der Waals surface area contributed by atoms with Gasteiger partial charge < -0.3 is 14.6 Å². The molecule has 0 aliphatic heterocycles. The van der Waals surface area contributed by atoms with Crippen molar-refractivity contribution >= 4 is 17.4 Å². The molecule has 1 atom stereocenters. The van der Waals surface area contributed by atoms with Gasteiger partial charge in [-0.15, -0.1) is 11.3 Å². The summed E-state index contributed by atoms with van der Waals surface area (Å²) < 4.78 is 5.44. The van der Waals surface area contributed by atoms with Crippen molar-refractivity contribution in [3.05, 3.63) is 81.9 Å². The van der Waals surface area contributed by atoms with E-state index >= 15 is 0 Å². The molecule has 0 radical (unpaired) electrons. The number of carbonyl (C=O) groups excluding carboxylic acids is 1. The number of aryl methyl sites for hydroxylation is 1. The average Bonchev–Trinajstić information content (AvgIpc) is 3.37. The molecule has 1 aliphatic rings. The molecule has 2 aromatic heterocycles. The number of fused-ring (bicyclic) bond motifs is 1. The molecule has 0 fully saturated rings. The molecule has 3 aromatic rings. The van der Waals surface area contributed by atoms with Crippen LogP contribution >= 0.6 is 11.3 Å². The summed E-state index contributed by atoms with van der Waals surface area (Å²) >= 11 is 1.66. The van der Waals surface area contributed by atoms with Crippen molar-refractivity contribution in [2.45, 2.75) is 32.0 Å². The van der Waals surface area contributed by atoms with Crippen LogP contribution in [-0.2, 0) is 19.5 Å². The minimum Gasteiger partial charge on any atom is -0.467 e. The maximum Gasteiger partial charge on any atom is 0.318 e. The highest BCUT2D eigenvalue weighted by molar-refractivity contribution is 7.09. The molecule has 1 aromatic carbocycles. The zero-order valence-electron chi connectivity index (χ0n) is 13.9. The predicted molar refractivity (Wildman–Crippen MR) is 98.3 cm³/mol.